The van der Waals surface area contributed by atoms with E-state index in [1.165, 1.54) is 6.42 Å². The Labute approximate surface area is 148 Å². The monoisotopic (exact) mass is 343 g/mol. The van der Waals surface area contributed by atoms with E-state index in [1.54, 1.807) is 6.92 Å². The van der Waals surface area contributed by atoms with Gasteiger partial charge in [-0.2, -0.15) is 0 Å². The maximum absolute atomic E-state index is 12.7. The maximum atomic E-state index is 12.7. The second-order valence-corrected chi connectivity index (χ2v) is 6.57. The summed E-state index contributed by atoms with van der Waals surface area (Å²) in [4.78, 5) is 31.9. The topological polar surface area (TPSA) is 71.0 Å². The molecular formula is C19H25N3O3. The van der Waals surface area contributed by atoms with Crippen LogP contribution in [0.4, 0.5) is 0 Å². The maximum Gasteiger partial charge on any atom is 0.321 e. The van der Waals surface area contributed by atoms with Gasteiger partial charge in [0.2, 0.25) is 11.9 Å². The molecule has 1 fully saturated rings. The lowest BCUT2D eigenvalue weighted by atomic mass is 9.91. The van der Waals surface area contributed by atoms with Crippen LogP contribution in [0.25, 0.3) is 0 Å². The Kier molecular flexibility index (Phi) is 5.36. The van der Waals surface area contributed by atoms with Gasteiger partial charge in [-0.25, -0.2) is 4.99 Å². The second kappa shape index (κ2) is 7.68. The van der Waals surface area contributed by atoms with Crippen LogP contribution >= 0.6 is 0 Å². The Morgan fingerprint density at radius 2 is 1.92 bits per heavy atom. The molecule has 6 nitrogen and oxygen atoms in total. The fourth-order valence-electron chi connectivity index (χ4n) is 3.33. The van der Waals surface area contributed by atoms with Gasteiger partial charge >= 0.3 is 5.97 Å². The smallest absolute Gasteiger partial charge is 0.321 e. The highest BCUT2D eigenvalue weighted by Gasteiger charge is 2.41. The van der Waals surface area contributed by atoms with E-state index >= 15 is 0 Å². The van der Waals surface area contributed by atoms with Crippen molar-refractivity contribution in [2.75, 3.05) is 19.7 Å². The lowest BCUT2D eigenvalue weighted by molar-refractivity contribution is -0.153. The van der Waals surface area contributed by atoms with E-state index in [9.17, 15) is 9.59 Å². The van der Waals surface area contributed by atoms with Gasteiger partial charge in [-0.3, -0.25) is 14.9 Å². The average molecular weight is 343 g/mol. The number of rotatable bonds is 3. The van der Waals surface area contributed by atoms with Crippen molar-refractivity contribution in [1.82, 2.24) is 10.2 Å². The van der Waals surface area contributed by atoms with Gasteiger partial charge in [0.05, 0.1) is 6.61 Å². The first kappa shape index (κ1) is 17.5. The van der Waals surface area contributed by atoms with Crippen LogP contribution in [-0.4, -0.2) is 42.4 Å². The van der Waals surface area contributed by atoms with Gasteiger partial charge in [0.1, 0.15) is 6.04 Å². The normalized spacial score (nSPS) is 23.7. The van der Waals surface area contributed by atoms with Crippen LogP contribution in [0, 0.1) is 12.8 Å². The number of carbonyl (C=O) groups excluding carboxylic acids is 2. The SMILES string of the molecule is CCOC(=O)[C@@H]1C(=O)NC(N2CCCCC2)=N[C@H]1c1ccc(C)cc1. The van der Waals surface area contributed by atoms with Crippen LogP contribution in [0.5, 0.6) is 0 Å². The third-order valence-electron chi connectivity index (χ3n) is 4.71. The van der Waals surface area contributed by atoms with Crippen molar-refractivity contribution in [3.8, 4) is 0 Å². The molecule has 1 saturated heterocycles. The number of benzene rings is 1. The quantitative estimate of drug-likeness (QED) is 0.675. The van der Waals surface area contributed by atoms with Crippen molar-refractivity contribution in [3.05, 3.63) is 35.4 Å². The number of carbonyl (C=O) groups is 2. The minimum Gasteiger partial charge on any atom is -0.465 e. The van der Waals surface area contributed by atoms with Crippen LogP contribution in [0.3, 0.4) is 0 Å². The number of piperidine rings is 1. The number of aliphatic imine (C=N–C) groups is 1. The van der Waals surface area contributed by atoms with E-state index in [-0.39, 0.29) is 12.5 Å². The van der Waals surface area contributed by atoms with Gasteiger partial charge in [0, 0.05) is 13.1 Å². The lowest BCUT2D eigenvalue weighted by Crippen LogP contribution is -2.53. The van der Waals surface area contributed by atoms with Crippen LogP contribution in [0.15, 0.2) is 29.3 Å². The minimum atomic E-state index is -0.948. The molecule has 2 aliphatic heterocycles. The molecule has 1 aromatic rings. The van der Waals surface area contributed by atoms with E-state index in [4.69, 9.17) is 9.73 Å². The molecule has 2 aliphatic rings. The molecule has 0 aliphatic carbocycles. The Balaban J connectivity index is 1.95. The minimum absolute atomic E-state index is 0.242. The van der Waals surface area contributed by atoms with Crippen LogP contribution in [0.1, 0.15) is 43.4 Å². The van der Waals surface area contributed by atoms with Crippen molar-refractivity contribution in [2.24, 2.45) is 10.9 Å². The van der Waals surface area contributed by atoms with Crippen molar-refractivity contribution < 1.29 is 14.3 Å². The van der Waals surface area contributed by atoms with E-state index in [2.05, 4.69) is 10.2 Å². The fourth-order valence-corrected chi connectivity index (χ4v) is 3.33. The number of hydrogen-bond donors (Lipinski definition) is 1. The number of likely N-dealkylation sites (tertiary alicyclic amines) is 1. The highest BCUT2D eigenvalue weighted by molar-refractivity contribution is 6.08. The summed E-state index contributed by atoms with van der Waals surface area (Å²) in [6.45, 7) is 5.74. The number of amides is 1. The number of ether oxygens (including phenoxy) is 1. The summed E-state index contributed by atoms with van der Waals surface area (Å²) in [6, 6.07) is 7.26. The molecule has 3 rings (SSSR count). The van der Waals surface area contributed by atoms with E-state index in [0.717, 1.165) is 37.1 Å². The van der Waals surface area contributed by atoms with Crippen molar-refractivity contribution in [2.45, 2.75) is 39.2 Å². The number of esters is 1. The molecule has 6 heteroatoms. The molecule has 1 aromatic carbocycles. The highest BCUT2D eigenvalue weighted by atomic mass is 16.5. The summed E-state index contributed by atoms with van der Waals surface area (Å²) in [5.41, 5.74) is 1.98. The average Bonchev–Trinajstić information content (AvgIpc) is 2.62. The van der Waals surface area contributed by atoms with Gasteiger partial charge in [0.25, 0.3) is 0 Å². The van der Waals surface area contributed by atoms with Crippen molar-refractivity contribution >= 4 is 17.8 Å². The number of guanidine groups is 1. The van der Waals surface area contributed by atoms with E-state index in [0.29, 0.717) is 5.96 Å². The van der Waals surface area contributed by atoms with Crippen LogP contribution < -0.4 is 5.32 Å². The predicted octanol–water partition coefficient (Wildman–Crippen LogP) is 2.19. The van der Waals surface area contributed by atoms with Gasteiger partial charge < -0.3 is 9.64 Å². The number of aryl methyl sites for hydroxylation is 1. The fraction of sp³-hybridized carbons (Fsp3) is 0.526. The number of nitrogens with zero attached hydrogens (tertiary/aromatic N) is 2. The van der Waals surface area contributed by atoms with Gasteiger partial charge in [-0.05, 0) is 38.7 Å². The Bertz CT molecular complexity index is 663. The first-order chi connectivity index (χ1) is 12.1. The van der Waals surface area contributed by atoms with E-state index < -0.39 is 17.9 Å². The molecular weight excluding hydrogens is 318 g/mol. The molecule has 0 aromatic heterocycles. The molecule has 0 saturated carbocycles. The molecule has 0 bridgehead atoms. The zero-order valence-electron chi connectivity index (χ0n) is 14.8. The molecule has 134 valence electrons. The third kappa shape index (κ3) is 3.83. The molecule has 0 radical (unpaired) electrons. The zero-order chi connectivity index (χ0) is 17.8. The second-order valence-electron chi connectivity index (χ2n) is 6.57. The standard InChI is InChI=1S/C19H25N3O3/c1-3-25-18(24)15-16(14-9-7-13(2)8-10-14)20-19(21-17(15)23)22-11-5-4-6-12-22/h7-10,15-16H,3-6,11-12H2,1-2H3,(H,20,21,23)/t15-,16-/m0/s1. The Morgan fingerprint density at radius 1 is 1.24 bits per heavy atom. The predicted molar refractivity (Wildman–Crippen MR) is 95.0 cm³/mol. The summed E-state index contributed by atoms with van der Waals surface area (Å²) in [7, 11) is 0. The van der Waals surface area contributed by atoms with Crippen LogP contribution in [-0.2, 0) is 14.3 Å². The summed E-state index contributed by atoms with van der Waals surface area (Å²) in [5.74, 6) is -1.22. The van der Waals surface area contributed by atoms with E-state index in [1.807, 2.05) is 31.2 Å². The Morgan fingerprint density at radius 3 is 2.56 bits per heavy atom. The molecule has 2 heterocycles. The molecule has 2 atom stereocenters. The molecule has 0 unspecified atom stereocenters. The first-order valence-electron chi connectivity index (χ1n) is 8.97. The molecule has 1 N–H and O–H groups in total. The molecule has 1 amide bonds. The lowest BCUT2D eigenvalue weighted by Gasteiger charge is -2.35. The van der Waals surface area contributed by atoms with Crippen LogP contribution in [0.2, 0.25) is 0 Å². The summed E-state index contributed by atoms with van der Waals surface area (Å²) in [5, 5.41) is 2.82. The summed E-state index contributed by atoms with van der Waals surface area (Å²) >= 11 is 0. The summed E-state index contributed by atoms with van der Waals surface area (Å²) < 4.78 is 5.13. The molecule has 0 spiro atoms. The van der Waals surface area contributed by atoms with Crippen molar-refractivity contribution in [3.63, 3.8) is 0 Å². The zero-order valence-corrected chi connectivity index (χ0v) is 14.8. The largest absolute Gasteiger partial charge is 0.465 e. The third-order valence-corrected chi connectivity index (χ3v) is 4.71. The van der Waals surface area contributed by atoms with Crippen molar-refractivity contribution in [1.29, 1.82) is 0 Å². The van der Waals surface area contributed by atoms with Gasteiger partial charge in [0.15, 0.2) is 5.92 Å². The highest BCUT2D eigenvalue weighted by Crippen LogP contribution is 2.31. The molecule has 25 heavy (non-hydrogen) atoms. The number of hydrogen-bond acceptors (Lipinski definition) is 5. The van der Waals surface area contributed by atoms with Gasteiger partial charge in [-0.1, -0.05) is 29.8 Å². The number of nitrogens with one attached hydrogen (secondary N) is 1. The van der Waals surface area contributed by atoms with Gasteiger partial charge in [-0.15, -0.1) is 0 Å². The summed E-state index contributed by atoms with van der Waals surface area (Å²) in [6.07, 6.45) is 3.38. The Hall–Kier alpha value is -2.37. The first-order valence-corrected chi connectivity index (χ1v) is 8.97.